The lowest BCUT2D eigenvalue weighted by Gasteiger charge is -2.19. The third-order valence-corrected chi connectivity index (χ3v) is 4.04. The van der Waals surface area contributed by atoms with Crippen LogP contribution in [0.2, 0.25) is 0 Å². The van der Waals surface area contributed by atoms with Crippen molar-refractivity contribution in [1.82, 2.24) is 5.32 Å². The first-order valence-corrected chi connectivity index (χ1v) is 8.35. The first-order valence-electron chi connectivity index (χ1n) is 7.94. The van der Waals surface area contributed by atoms with E-state index in [1.165, 1.54) is 16.8 Å². The summed E-state index contributed by atoms with van der Waals surface area (Å²) in [5.74, 6) is 0. The first-order chi connectivity index (χ1) is 11.1. The van der Waals surface area contributed by atoms with Crippen molar-refractivity contribution in [2.45, 2.75) is 20.3 Å². The Balaban J connectivity index is 1.72. The summed E-state index contributed by atoms with van der Waals surface area (Å²) in [4.78, 5) is 2.25. The Morgan fingerprint density at radius 1 is 1.09 bits per heavy atom. The van der Waals surface area contributed by atoms with E-state index in [1.807, 2.05) is 6.07 Å². The zero-order chi connectivity index (χ0) is 16.7. The Morgan fingerprint density at radius 2 is 1.83 bits per heavy atom. The van der Waals surface area contributed by atoms with Gasteiger partial charge in [-0.15, -0.1) is 0 Å². The average Bonchev–Trinajstić information content (AvgIpc) is 2.55. The van der Waals surface area contributed by atoms with Crippen LogP contribution in [-0.4, -0.2) is 25.2 Å². The SMILES string of the molecule is Cc1ccc(C)c(NC(=S)NCCCN(C)c2ccccc2)c1. The number of aryl methyl sites for hydroxylation is 2. The molecule has 0 aliphatic carbocycles. The second-order valence-corrected chi connectivity index (χ2v) is 6.22. The maximum atomic E-state index is 5.38. The quantitative estimate of drug-likeness (QED) is 0.616. The average molecular weight is 327 g/mol. The first kappa shape index (κ1) is 17.3. The van der Waals surface area contributed by atoms with Gasteiger partial charge in [0, 0.05) is 31.5 Å². The summed E-state index contributed by atoms with van der Waals surface area (Å²) < 4.78 is 0. The molecule has 2 aromatic carbocycles. The van der Waals surface area contributed by atoms with E-state index in [-0.39, 0.29) is 0 Å². The molecule has 0 amide bonds. The van der Waals surface area contributed by atoms with E-state index in [0.29, 0.717) is 5.11 Å². The highest BCUT2D eigenvalue weighted by atomic mass is 32.1. The molecule has 0 bridgehead atoms. The highest BCUT2D eigenvalue weighted by molar-refractivity contribution is 7.80. The summed E-state index contributed by atoms with van der Waals surface area (Å²) in [6, 6.07) is 16.7. The van der Waals surface area contributed by atoms with Gasteiger partial charge < -0.3 is 15.5 Å². The van der Waals surface area contributed by atoms with Crippen LogP contribution in [0.1, 0.15) is 17.5 Å². The monoisotopic (exact) mass is 327 g/mol. The molecule has 0 radical (unpaired) electrons. The number of nitrogens with one attached hydrogen (secondary N) is 2. The number of anilines is 2. The van der Waals surface area contributed by atoms with Crippen LogP contribution in [0, 0.1) is 13.8 Å². The molecule has 0 aliphatic rings. The lowest BCUT2D eigenvalue weighted by atomic mass is 10.1. The van der Waals surface area contributed by atoms with Crippen LogP contribution in [0.3, 0.4) is 0 Å². The molecule has 23 heavy (non-hydrogen) atoms. The lowest BCUT2D eigenvalue weighted by molar-refractivity contribution is 0.755. The van der Waals surface area contributed by atoms with E-state index in [9.17, 15) is 0 Å². The van der Waals surface area contributed by atoms with Gasteiger partial charge >= 0.3 is 0 Å². The van der Waals surface area contributed by atoms with Gasteiger partial charge in [0.05, 0.1) is 0 Å². The summed E-state index contributed by atoms with van der Waals surface area (Å²) in [5.41, 5.74) is 4.74. The zero-order valence-electron chi connectivity index (χ0n) is 14.1. The smallest absolute Gasteiger partial charge is 0.170 e. The third kappa shape index (κ3) is 5.57. The molecule has 2 rings (SSSR count). The van der Waals surface area contributed by atoms with Crippen molar-refractivity contribution >= 4 is 28.7 Å². The second-order valence-electron chi connectivity index (χ2n) is 5.81. The van der Waals surface area contributed by atoms with E-state index in [0.717, 1.165) is 25.2 Å². The van der Waals surface area contributed by atoms with Crippen molar-refractivity contribution in [2.24, 2.45) is 0 Å². The minimum atomic E-state index is 0.682. The Bertz CT molecular complexity index is 640. The Kier molecular flexibility index (Phi) is 6.41. The molecule has 0 spiro atoms. The predicted molar refractivity (Wildman–Crippen MR) is 104 cm³/mol. The summed E-state index contributed by atoms with van der Waals surface area (Å²) in [6.45, 7) is 6.01. The molecule has 0 saturated carbocycles. The molecule has 3 nitrogen and oxygen atoms in total. The zero-order valence-corrected chi connectivity index (χ0v) is 14.9. The van der Waals surface area contributed by atoms with E-state index in [2.05, 4.69) is 78.9 Å². The number of hydrogen-bond acceptors (Lipinski definition) is 2. The van der Waals surface area contributed by atoms with E-state index in [4.69, 9.17) is 12.2 Å². The molecule has 0 saturated heterocycles. The fraction of sp³-hybridized carbons (Fsp3) is 0.316. The van der Waals surface area contributed by atoms with Crippen molar-refractivity contribution < 1.29 is 0 Å². The molecule has 0 aromatic heterocycles. The molecule has 2 N–H and O–H groups in total. The molecule has 122 valence electrons. The molecular weight excluding hydrogens is 302 g/mol. The fourth-order valence-corrected chi connectivity index (χ4v) is 2.58. The predicted octanol–water partition coefficient (Wildman–Crippen LogP) is 4.12. The Morgan fingerprint density at radius 3 is 2.57 bits per heavy atom. The van der Waals surface area contributed by atoms with Crippen molar-refractivity contribution in [3.63, 3.8) is 0 Å². The summed E-state index contributed by atoms with van der Waals surface area (Å²) in [7, 11) is 2.11. The van der Waals surface area contributed by atoms with Crippen molar-refractivity contribution in [1.29, 1.82) is 0 Å². The third-order valence-electron chi connectivity index (χ3n) is 3.79. The number of benzene rings is 2. The maximum Gasteiger partial charge on any atom is 0.170 e. The van der Waals surface area contributed by atoms with E-state index >= 15 is 0 Å². The lowest BCUT2D eigenvalue weighted by Crippen LogP contribution is -2.31. The van der Waals surface area contributed by atoms with Gasteiger partial charge in [0.2, 0.25) is 0 Å². The summed E-state index contributed by atoms with van der Waals surface area (Å²) in [5, 5.41) is 7.24. The molecular formula is C19H25N3S. The van der Waals surface area contributed by atoms with Crippen LogP contribution >= 0.6 is 12.2 Å². The van der Waals surface area contributed by atoms with Crippen LogP contribution < -0.4 is 15.5 Å². The van der Waals surface area contributed by atoms with Gasteiger partial charge in [-0.3, -0.25) is 0 Å². The molecule has 0 heterocycles. The van der Waals surface area contributed by atoms with Crippen molar-refractivity contribution in [2.75, 3.05) is 30.4 Å². The molecule has 2 aromatic rings. The van der Waals surface area contributed by atoms with Crippen molar-refractivity contribution in [3.8, 4) is 0 Å². The standard InChI is InChI=1S/C19H25N3S/c1-15-10-11-16(2)18(14-15)21-19(23)20-12-7-13-22(3)17-8-5-4-6-9-17/h4-6,8-11,14H,7,12-13H2,1-3H3,(H2,20,21,23). The minimum Gasteiger partial charge on any atom is -0.375 e. The summed E-state index contributed by atoms with van der Waals surface area (Å²) >= 11 is 5.38. The second kappa shape index (κ2) is 8.53. The van der Waals surface area contributed by atoms with Crippen LogP contribution in [0.15, 0.2) is 48.5 Å². The topological polar surface area (TPSA) is 27.3 Å². The number of para-hydroxylation sites is 1. The van der Waals surface area contributed by atoms with Crippen LogP contribution in [0.5, 0.6) is 0 Å². The Hall–Kier alpha value is -2.07. The van der Waals surface area contributed by atoms with Crippen molar-refractivity contribution in [3.05, 3.63) is 59.7 Å². The fourth-order valence-electron chi connectivity index (χ4n) is 2.37. The van der Waals surface area contributed by atoms with Gasteiger partial charge in [-0.25, -0.2) is 0 Å². The van der Waals surface area contributed by atoms with Crippen LogP contribution in [0.25, 0.3) is 0 Å². The van der Waals surface area contributed by atoms with Gasteiger partial charge in [0.1, 0.15) is 0 Å². The molecule has 4 heteroatoms. The maximum absolute atomic E-state index is 5.38. The highest BCUT2D eigenvalue weighted by Crippen LogP contribution is 2.16. The number of rotatable bonds is 6. The van der Waals surface area contributed by atoms with Gasteiger partial charge in [-0.05, 0) is 61.8 Å². The molecule has 0 atom stereocenters. The highest BCUT2D eigenvalue weighted by Gasteiger charge is 2.02. The van der Waals surface area contributed by atoms with Crippen LogP contribution in [-0.2, 0) is 0 Å². The van der Waals surface area contributed by atoms with Gasteiger partial charge in [0.15, 0.2) is 5.11 Å². The number of nitrogens with zero attached hydrogens (tertiary/aromatic N) is 1. The van der Waals surface area contributed by atoms with Crippen LogP contribution in [0.4, 0.5) is 11.4 Å². The minimum absolute atomic E-state index is 0.682. The van der Waals surface area contributed by atoms with Gasteiger partial charge in [-0.2, -0.15) is 0 Å². The molecule has 0 fully saturated rings. The van der Waals surface area contributed by atoms with Gasteiger partial charge in [-0.1, -0.05) is 30.3 Å². The Labute approximate surface area is 144 Å². The largest absolute Gasteiger partial charge is 0.375 e. The van der Waals surface area contributed by atoms with Gasteiger partial charge in [0.25, 0.3) is 0 Å². The summed E-state index contributed by atoms with van der Waals surface area (Å²) in [6.07, 6.45) is 1.03. The normalized spacial score (nSPS) is 10.2. The van der Waals surface area contributed by atoms with E-state index in [1.54, 1.807) is 0 Å². The number of hydrogen-bond donors (Lipinski definition) is 2. The molecule has 0 unspecified atom stereocenters. The van der Waals surface area contributed by atoms with E-state index < -0.39 is 0 Å². The number of thiocarbonyl (C=S) groups is 1. The molecule has 0 aliphatic heterocycles.